The van der Waals surface area contributed by atoms with Crippen molar-refractivity contribution >= 4 is 0 Å². The standard InChI is InChI=1S/C16H23FN2O/c17-16-6-2-1-4-14(16)12-18-7-9-19(10-8-18)13-15-5-3-11-20-15/h1-2,4,6,15H,3,5,7-13H2. The van der Waals surface area contributed by atoms with Gasteiger partial charge < -0.3 is 4.74 Å². The minimum absolute atomic E-state index is 0.0886. The minimum Gasteiger partial charge on any atom is -0.377 e. The molecule has 2 aliphatic rings. The average molecular weight is 278 g/mol. The third-order valence-electron chi connectivity index (χ3n) is 4.30. The van der Waals surface area contributed by atoms with Gasteiger partial charge >= 0.3 is 0 Å². The fraction of sp³-hybridized carbons (Fsp3) is 0.625. The van der Waals surface area contributed by atoms with Gasteiger partial charge in [-0.2, -0.15) is 0 Å². The van der Waals surface area contributed by atoms with Gasteiger partial charge in [-0.1, -0.05) is 18.2 Å². The molecule has 2 heterocycles. The lowest BCUT2D eigenvalue weighted by atomic mass is 10.1. The molecular formula is C16H23FN2O. The maximum atomic E-state index is 13.6. The van der Waals surface area contributed by atoms with Gasteiger partial charge in [0.25, 0.3) is 0 Å². The molecule has 4 heteroatoms. The molecule has 0 bridgehead atoms. The van der Waals surface area contributed by atoms with Gasteiger partial charge in [-0.15, -0.1) is 0 Å². The Kier molecular flexibility index (Phi) is 4.65. The maximum absolute atomic E-state index is 13.6. The van der Waals surface area contributed by atoms with Crippen molar-refractivity contribution in [3.8, 4) is 0 Å². The van der Waals surface area contributed by atoms with Crippen LogP contribution in [0.5, 0.6) is 0 Å². The molecule has 0 amide bonds. The van der Waals surface area contributed by atoms with E-state index in [1.807, 2.05) is 12.1 Å². The summed E-state index contributed by atoms with van der Waals surface area (Å²) in [7, 11) is 0. The first kappa shape index (κ1) is 14.0. The van der Waals surface area contributed by atoms with Crippen molar-refractivity contribution in [1.82, 2.24) is 9.80 Å². The van der Waals surface area contributed by atoms with E-state index in [4.69, 9.17) is 4.74 Å². The van der Waals surface area contributed by atoms with Crippen LogP contribution in [0, 0.1) is 5.82 Å². The highest BCUT2D eigenvalue weighted by atomic mass is 19.1. The van der Waals surface area contributed by atoms with Gasteiger partial charge in [0.2, 0.25) is 0 Å². The fourth-order valence-corrected chi connectivity index (χ4v) is 3.07. The maximum Gasteiger partial charge on any atom is 0.127 e. The summed E-state index contributed by atoms with van der Waals surface area (Å²) in [5.74, 6) is -0.0886. The highest BCUT2D eigenvalue weighted by molar-refractivity contribution is 5.17. The zero-order valence-corrected chi connectivity index (χ0v) is 11.9. The molecule has 2 aliphatic heterocycles. The zero-order chi connectivity index (χ0) is 13.8. The second kappa shape index (κ2) is 6.66. The van der Waals surface area contributed by atoms with E-state index in [0.29, 0.717) is 6.10 Å². The highest BCUT2D eigenvalue weighted by Crippen LogP contribution is 2.16. The normalized spacial score (nSPS) is 25.1. The lowest BCUT2D eigenvalue weighted by molar-refractivity contribution is 0.0487. The predicted octanol–water partition coefficient (Wildman–Crippen LogP) is 2.12. The fourth-order valence-electron chi connectivity index (χ4n) is 3.07. The largest absolute Gasteiger partial charge is 0.377 e. The summed E-state index contributed by atoms with van der Waals surface area (Å²) in [4.78, 5) is 4.82. The third kappa shape index (κ3) is 3.57. The van der Waals surface area contributed by atoms with E-state index < -0.39 is 0 Å². The van der Waals surface area contributed by atoms with Gasteiger partial charge in [0.05, 0.1) is 6.10 Å². The van der Waals surface area contributed by atoms with E-state index >= 15 is 0 Å². The second-order valence-corrected chi connectivity index (χ2v) is 5.80. The summed E-state index contributed by atoms with van der Waals surface area (Å²) >= 11 is 0. The van der Waals surface area contributed by atoms with Crippen molar-refractivity contribution in [1.29, 1.82) is 0 Å². The predicted molar refractivity (Wildman–Crippen MR) is 77.1 cm³/mol. The van der Waals surface area contributed by atoms with Crippen molar-refractivity contribution in [2.24, 2.45) is 0 Å². The summed E-state index contributed by atoms with van der Waals surface area (Å²) in [6.07, 6.45) is 2.85. The van der Waals surface area contributed by atoms with Crippen molar-refractivity contribution in [2.75, 3.05) is 39.3 Å². The molecule has 1 aromatic carbocycles. The van der Waals surface area contributed by atoms with Gasteiger partial charge in [0.1, 0.15) is 5.82 Å². The van der Waals surface area contributed by atoms with E-state index in [-0.39, 0.29) is 5.82 Å². The Hall–Kier alpha value is -0.970. The molecule has 20 heavy (non-hydrogen) atoms. The molecule has 0 saturated carbocycles. The molecule has 1 unspecified atom stereocenters. The van der Waals surface area contributed by atoms with Crippen LogP contribution >= 0.6 is 0 Å². The van der Waals surface area contributed by atoms with Crippen LogP contribution in [0.4, 0.5) is 4.39 Å². The molecule has 0 aliphatic carbocycles. The molecule has 2 fully saturated rings. The number of hydrogen-bond acceptors (Lipinski definition) is 3. The summed E-state index contributed by atoms with van der Waals surface area (Å²) in [6, 6.07) is 7.08. The van der Waals surface area contributed by atoms with Crippen LogP contribution in [0.15, 0.2) is 24.3 Å². The Morgan fingerprint density at radius 1 is 1.10 bits per heavy atom. The van der Waals surface area contributed by atoms with E-state index in [9.17, 15) is 4.39 Å². The minimum atomic E-state index is -0.0886. The van der Waals surface area contributed by atoms with E-state index in [1.165, 1.54) is 12.8 Å². The Bertz CT molecular complexity index is 426. The van der Waals surface area contributed by atoms with E-state index in [2.05, 4.69) is 9.80 Å². The summed E-state index contributed by atoms with van der Waals surface area (Å²) in [5.41, 5.74) is 0.806. The van der Waals surface area contributed by atoms with Gasteiger partial charge in [-0.05, 0) is 18.9 Å². The molecule has 3 rings (SSSR count). The smallest absolute Gasteiger partial charge is 0.127 e. The average Bonchev–Trinajstić information content (AvgIpc) is 2.96. The number of halogens is 1. The highest BCUT2D eigenvalue weighted by Gasteiger charge is 2.23. The van der Waals surface area contributed by atoms with E-state index in [0.717, 1.165) is 51.4 Å². The molecular weight excluding hydrogens is 255 g/mol. The van der Waals surface area contributed by atoms with Crippen molar-refractivity contribution in [3.05, 3.63) is 35.6 Å². The van der Waals surface area contributed by atoms with Crippen LogP contribution in [0.2, 0.25) is 0 Å². The molecule has 0 radical (unpaired) electrons. The number of rotatable bonds is 4. The summed E-state index contributed by atoms with van der Waals surface area (Å²) < 4.78 is 19.3. The Morgan fingerprint density at radius 3 is 2.55 bits per heavy atom. The Balaban J connectivity index is 1.45. The molecule has 2 saturated heterocycles. The van der Waals surface area contributed by atoms with Crippen molar-refractivity contribution < 1.29 is 9.13 Å². The lowest BCUT2D eigenvalue weighted by Crippen LogP contribution is -2.48. The molecule has 1 aromatic rings. The lowest BCUT2D eigenvalue weighted by Gasteiger charge is -2.35. The molecule has 0 aromatic heterocycles. The third-order valence-corrected chi connectivity index (χ3v) is 4.30. The van der Waals surface area contributed by atoms with Gasteiger partial charge in [-0.25, -0.2) is 4.39 Å². The first-order valence-electron chi connectivity index (χ1n) is 7.61. The molecule has 3 nitrogen and oxygen atoms in total. The zero-order valence-electron chi connectivity index (χ0n) is 11.9. The first-order valence-corrected chi connectivity index (χ1v) is 7.61. The van der Waals surface area contributed by atoms with Crippen molar-refractivity contribution in [3.63, 3.8) is 0 Å². The van der Waals surface area contributed by atoms with Crippen LogP contribution < -0.4 is 0 Å². The van der Waals surface area contributed by atoms with Crippen LogP contribution in [-0.2, 0) is 11.3 Å². The number of piperazine rings is 1. The number of ether oxygens (including phenoxy) is 1. The number of benzene rings is 1. The summed E-state index contributed by atoms with van der Waals surface area (Å²) in [5, 5.41) is 0. The molecule has 110 valence electrons. The number of nitrogens with zero attached hydrogens (tertiary/aromatic N) is 2. The van der Waals surface area contributed by atoms with Gasteiger partial charge in [-0.3, -0.25) is 9.80 Å². The van der Waals surface area contributed by atoms with Gasteiger partial charge in [0, 0.05) is 51.4 Å². The van der Waals surface area contributed by atoms with Crippen LogP contribution in [-0.4, -0.2) is 55.2 Å². The summed E-state index contributed by atoms with van der Waals surface area (Å²) in [6.45, 7) is 6.87. The Morgan fingerprint density at radius 2 is 1.85 bits per heavy atom. The van der Waals surface area contributed by atoms with Crippen molar-refractivity contribution in [2.45, 2.75) is 25.5 Å². The molecule has 1 atom stereocenters. The first-order chi connectivity index (χ1) is 9.81. The topological polar surface area (TPSA) is 15.7 Å². The van der Waals surface area contributed by atoms with Crippen LogP contribution in [0.25, 0.3) is 0 Å². The number of hydrogen-bond donors (Lipinski definition) is 0. The SMILES string of the molecule is Fc1ccccc1CN1CCN(CC2CCCO2)CC1. The van der Waals surface area contributed by atoms with Gasteiger partial charge in [0.15, 0.2) is 0 Å². The Labute approximate surface area is 120 Å². The van der Waals surface area contributed by atoms with Crippen LogP contribution in [0.3, 0.4) is 0 Å². The quantitative estimate of drug-likeness (QED) is 0.839. The molecule has 0 N–H and O–H groups in total. The molecule has 0 spiro atoms. The van der Waals surface area contributed by atoms with Crippen LogP contribution in [0.1, 0.15) is 18.4 Å². The second-order valence-electron chi connectivity index (χ2n) is 5.80. The van der Waals surface area contributed by atoms with E-state index in [1.54, 1.807) is 12.1 Å². The monoisotopic (exact) mass is 278 g/mol.